The van der Waals surface area contributed by atoms with Crippen molar-refractivity contribution in [2.24, 2.45) is 11.7 Å². The normalized spacial score (nSPS) is 16.7. The van der Waals surface area contributed by atoms with Gasteiger partial charge in [0.2, 0.25) is 21.8 Å². The number of nitrogens with one attached hydrogen (secondary N) is 1. The van der Waals surface area contributed by atoms with Crippen LogP contribution in [-0.2, 0) is 25.4 Å². The molecular formula is C15H26ClN5O5S. The van der Waals surface area contributed by atoms with Gasteiger partial charge in [0, 0.05) is 32.2 Å². The summed E-state index contributed by atoms with van der Waals surface area (Å²) >= 11 is 0. The van der Waals surface area contributed by atoms with E-state index < -0.39 is 16.1 Å². The SMILES string of the molecule is CC(C)[C@H](N)C(=O)NCC(=O)N1CCN(S(=O)(=O)Cc2ccon2)CC1.Cl. The van der Waals surface area contributed by atoms with Crippen molar-refractivity contribution in [1.82, 2.24) is 19.7 Å². The molecule has 1 aromatic rings. The van der Waals surface area contributed by atoms with Crippen LogP contribution < -0.4 is 11.1 Å². The van der Waals surface area contributed by atoms with Gasteiger partial charge in [0.1, 0.15) is 12.0 Å². The molecule has 0 aromatic carbocycles. The summed E-state index contributed by atoms with van der Waals surface area (Å²) in [5.74, 6) is -0.894. The number of amides is 2. The molecule has 1 aliphatic heterocycles. The highest BCUT2D eigenvalue weighted by Crippen LogP contribution is 2.12. The Bertz CT molecular complexity index is 717. The zero-order valence-corrected chi connectivity index (χ0v) is 17.0. The number of rotatable bonds is 7. The largest absolute Gasteiger partial charge is 0.364 e. The number of hydrogen-bond acceptors (Lipinski definition) is 7. The standard InChI is InChI=1S/C15H25N5O5S.ClH/c1-11(2)14(16)15(22)17-9-13(21)19-4-6-20(7-5-19)26(23,24)10-12-3-8-25-18-12;/h3,8,11,14H,4-7,9-10,16H2,1-2H3,(H,17,22);1H/t14-;/m0./s1. The van der Waals surface area contributed by atoms with Crippen LogP contribution in [0, 0.1) is 5.92 Å². The van der Waals surface area contributed by atoms with Crippen LogP contribution >= 0.6 is 12.4 Å². The van der Waals surface area contributed by atoms with E-state index in [1.165, 1.54) is 21.5 Å². The van der Waals surface area contributed by atoms with Crippen LogP contribution in [0.4, 0.5) is 0 Å². The summed E-state index contributed by atoms with van der Waals surface area (Å²) in [5.41, 5.74) is 6.06. The molecule has 2 heterocycles. The molecule has 1 saturated heterocycles. The first-order chi connectivity index (χ1) is 12.2. The zero-order valence-electron chi connectivity index (χ0n) is 15.3. The smallest absolute Gasteiger partial charge is 0.242 e. The molecule has 12 heteroatoms. The summed E-state index contributed by atoms with van der Waals surface area (Å²) in [5, 5.41) is 6.14. The Morgan fingerprint density at radius 1 is 1.30 bits per heavy atom. The molecule has 1 aliphatic rings. The Morgan fingerprint density at radius 3 is 2.44 bits per heavy atom. The molecular weight excluding hydrogens is 398 g/mol. The summed E-state index contributed by atoms with van der Waals surface area (Å²) in [6, 6.07) is 0.836. The molecule has 1 atom stereocenters. The highest BCUT2D eigenvalue weighted by Gasteiger charge is 2.29. The lowest BCUT2D eigenvalue weighted by Gasteiger charge is -2.34. The maximum atomic E-state index is 12.4. The van der Waals surface area contributed by atoms with Crippen molar-refractivity contribution >= 4 is 34.2 Å². The fourth-order valence-corrected chi connectivity index (χ4v) is 3.93. The van der Waals surface area contributed by atoms with Gasteiger partial charge in [0.05, 0.1) is 18.3 Å². The number of sulfonamides is 1. The molecule has 0 radical (unpaired) electrons. The molecule has 1 fully saturated rings. The summed E-state index contributed by atoms with van der Waals surface area (Å²) in [6.07, 6.45) is 1.32. The second kappa shape index (κ2) is 10.0. The summed E-state index contributed by atoms with van der Waals surface area (Å²) in [6.45, 7) is 4.43. The zero-order chi connectivity index (χ0) is 19.3. The van der Waals surface area contributed by atoms with Gasteiger partial charge in [-0.2, -0.15) is 4.31 Å². The molecule has 0 spiro atoms. The second-order valence-corrected chi connectivity index (χ2v) is 8.48. The van der Waals surface area contributed by atoms with E-state index in [0.29, 0.717) is 5.69 Å². The Morgan fingerprint density at radius 2 is 1.93 bits per heavy atom. The van der Waals surface area contributed by atoms with Crippen LogP contribution in [0.15, 0.2) is 16.9 Å². The van der Waals surface area contributed by atoms with Gasteiger partial charge in [-0.05, 0) is 5.92 Å². The monoisotopic (exact) mass is 423 g/mol. The first-order valence-corrected chi connectivity index (χ1v) is 10.00. The average Bonchev–Trinajstić information content (AvgIpc) is 3.10. The van der Waals surface area contributed by atoms with Crippen molar-refractivity contribution in [2.75, 3.05) is 32.7 Å². The first kappa shape index (κ1) is 23.3. The van der Waals surface area contributed by atoms with Gasteiger partial charge < -0.3 is 20.5 Å². The second-order valence-electron chi connectivity index (χ2n) is 6.51. The van der Waals surface area contributed by atoms with Gasteiger partial charge in [0.25, 0.3) is 0 Å². The fraction of sp³-hybridized carbons (Fsp3) is 0.667. The molecule has 10 nitrogen and oxygen atoms in total. The maximum Gasteiger partial charge on any atom is 0.242 e. The van der Waals surface area contributed by atoms with Crippen LogP contribution in [0.5, 0.6) is 0 Å². The Kier molecular flexibility index (Phi) is 8.66. The highest BCUT2D eigenvalue weighted by atomic mass is 35.5. The van der Waals surface area contributed by atoms with Crippen molar-refractivity contribution in [3.63, 3.8) is 0 Å². The van der Waals surface area contributed by atoms with E-state index in [1.807, 2.05) is 13.8 Å². The molecule has 27 heavy (non-hydrogen) atoms. The van der Waals surface area contributed by atoms with Crippen LogP contribution in [0.3, 0.4) is 0 Å². The Balaban J connectivity index is 0.00000364. The number of carbonyl (C=O) groups is 2. The first-order valence-electron chi connectivity index (χ1n) is 8.39. The van der Waals surface area contributed by atoms with Crippen molar-refractivity contribution in [2.45, 2.75) is 25.6 Å². The Hall–Kier alpha value is -1.69. The van der Waals surface area contributed by atoms with E-state index in [9.17, 15) is 18.0 Å². The van der Waals surface area contributed by atoms with Crippen LogP contribution in [-0.4, -0.2) is 73.4 Å². The topological polar surface area (TPSA) is 139 Å². The van der Waals surface area contributed by atoms with Crippen molar-refractivity contribution < 1.29 is 22.5 Å². The molecule has 0 unspecified atom stereocenters. The van der Waals surface area contributed by atoms with E-state index in [4.69, 9.17) is 5.73 Å². The van der Waals surface area contributed by atoms with E-state index >= 15 is 0 Å². The van der Waals surface area contributed by atoms with Gasteiger partial charge in [-0.25, -0.2) is 8.42 Å². The van der Waals surface area contributed by atoms with Crippen LogP contribution in [0.25, 0.3) is 0 Å². The molecule has 0 saturated carbocycles. The number of nitrogens with two attached hydrogens (primary N) is 1. The number of nitrogens with zero attached hydrogens (tertiary/aromatic N) is 3. The Labute approximate surface area is 164 Å². The summed E-state index contributed by atoms with van der Waals surface area (Å²) in [7, 11) is -3.52. The molecule has 0 bridgehead atoms. The third-order valence-corrected chi connectivity index (χ3v) is 6.05. The van der Waals surface area contributed by atoms with E-state index in [0.717, 1.165) is 0 Å². The predicted molar refractivity (Wildman–Crippen MR) is 100 cm³/mol. The van der Waals surface area contributed by atoms with Gasteiger partial charge in [-0.3, -0.25) is 9.59 Å². The number of carbonyl (C=O) groups excluding carboxylic acids is 2. The fourth-order valence-electron chi connectivity index (χ4n) is 2.50. The quantitative estimate of drug-likeness (QED) is 0.583. The van der Waals surface area contributed by atoms with Crippen molar-refractivity contribution in [3.8, 4) is 0 Å². The number of piperazine rings is 1. The van der Waals surface area contributed by atoms with Gasteiger partial charge in [-0.1, -0.05) is 19.0 Å². The van der Waals surface area contributed by atoms with Crippen LogP contribution in [0.1, 0.15) is 19.5 Å². The average molecular weight is 424 g/mol. The lowest BCUT2D eigenvalue weighted by molar-refractivity contribution is -0.134. The molecule has 2 amide bonds. The van der Waals surface area contributed by atoms with Crippen LogP contribution in [0.2, 0.25) is 0 Å². The van der Waals surface area contributed by atoms with E-state index in [2.05, 4.69) is 15.0 Å². The molecule has 154 valence electrons. The minimum atomic E-state index is -3.52. The summed E-state index contributed by atoms with van der Waals surface area (Å²) < 4.78 is 30.7. The lowest BCUT2D eigenvalue weighted by atomic mass is 10.1. The minimum Gasteiger partial charge on any atom is -0.364 e. The number of aromatic nitrogens is 1. The van der Waals surface area contributed by atoms with Gasteiger partial charge in [0.15, 0.2) is 0 Å². The third kappa shape index (κ3) is 6.45. The maximum absolute atomic E-state index is 12.4. The van der Waals surface area contributed by atoms with Crippen molar-refractivity contribution in [3.05, 3.63) is 18.0 Å². The molecule has 2 rings (SSSR count). The highest BCUT2D eigenvalue weighted by molar-refractivity contribution is 7.88. The number of halogens is 1. The molecule has 0 aliphatic carbocycles. The predicted octanol–water partition coefficient (Wildman–Crippen LogP) is -0.830. The minimum absolute atomic E-state index is 0. The van der Waals surface area contributed by atoms with Gasteiger partial charge >= 0.3 is 0 Å². The van der Waals surface area contributed by atoms with E-state index in [1.54, 1.807) is 0 Å². The lowest BCUT2D eigenvalue weighted by Crippen LogP contribution is -2.53. The third-order valence-electron chi connectivity index (χ3n) is 4.24. The van der Waals surface area contributed by atoms with Crippen molar-refractivity contribution in [1.29, 1.82) is 0 Å². The molecule has 3 N–H and O–H groups in total. The molecule has 1 aromatic heterocycles. The number of hydrogen-bond donors (Lipinski definition) is 2. The van der Waals surface area contributed by atoms with E-state index in [-0.39, 0.29) is 68.6 Å². The summed E-state index contributed by atoms with van der Waals surface area (Å²) in [4.78, 5) is 25.5. The van der Waals surface area contributed by atoms with Gasteiger partial charge in [-0.15, -0.1) is 12.4 Å².